The first-order valence-electron chi connectivity index (χ1n) is 3.16. The molecule has 6 heteroatoms. The Morgan fingerprint density at radius 1 is 1.46 bits per heavy atom. The van der Waals surface area contributed by atoms with E-state index in [1.807, 2.05) is 0 Å². The van der Waals surface area contributed by atoms with Gasteiger partial charge in [0.1, 0.15) is 6.29 Å². The number of carbonyl (C=O) groups is 1. The first-order valence-corrected chi connectivity index (χ1v) is 3.95. The van der Waals surface area contributed by atoms with Crippen LogP contribution in [0.4, 0.5) is 5.69 Å². The summed E-state index contributed by atoms with van der Waals surface area (Å²) in [4.78, 5) is 19.8. The van der Waals surface area contributed by atoms with Crippen LogP contribution in [0, 0.1) is 10.1 Å². The van der Waals surface area contributed by atoms with E-state index in [4.69, 9.17) is 0 Å². The van der Waals surface area contributed by atoms with Crippen LogP contribution in [0.5, 0.6) is 5.75 Å². The molecule has 0 unspecified atom stereocenters. The molecule has 1 aromatic rings. The van der Waals surface area contributed by atoms with E-state index in [1.165, 1.54) is 6.07 Å². The molecule has 0 fully saturated rings. The maximum absolute atomic E-state index is 11.1. The molecule has 0 radical (unpaired) electrons. The maximum Gasteiger partial charge on any atom is 0.263 e. The summed E-state index contributed by atoms with van der Waals surface area (Å²) in [6, 6.07) is 2.30. The van der Waals surface area contributed by atoms with Crippen LogP contribution >= 0.6 is 15.9 Å². The number of carbonyl (C=O) groups excluding carboxylic acids is 1. The molecule has 0 aromatic heterocycles. The number of nitrogens with zero attached hydrogens (tertiary/aromatic N) is 1. The lowest BCUT2D eigenvalue weighted by Gasteiger charge is -2.09. The Balaban J connectivity index is 3.44. The topological polar surface area (TPSA) is 83.3 Å². The molecule has 0 aliphatic heterocycles. The predicted molar refractivity (Wildman–Crippen MR) is 45.6 cm³/mol. The Bertz CT molecular complexity index is 377. The highest BCUT2D eigenvalue weighted by Gasteiger charge is 2.11. The predicted octanol–water partition coefficient (Wildman–Crippen LogP) is 1.24. The van der Waals surface area contributed by atoms with Crippen LogP contribution in [-0.4, -0.2) is 11.2 Å². The Hall–Kier alpha value is -1.43. The fourth-order valence-corrected chi connectivity index (χ4v) is 1.29. The number of rotatable bonds is 2. The third kappa shape index (κ3) is 1.83. The Morgan fingerprint density at radius 2 is 2.08 bits per heavy atom. The zero-order valence-corrected chi connectivity index (χ0v) is 7.78. The molecule has 0 saturated heterocycles. The number of benzene rings is 1. The summed E-state index contributed by atoms with van der Waals surface area (Å²) in [7, 11) is 0. The molecule has 0 spiro atoms. The van der Waals surface area contributed by atoms with Gasteiger partial charge in [0.25, 0.3) is 5.69 Å². The van der Waals surface area contributed by atoms with Crippen molar-refractivity contribution in [2.24, 2.45) is 0 Å². The molecule has 1 aromatic carbocycles. The Labute approximate surface area is 81.3 Å². The number of halogens is 1. The lowest BCUT2D eigenvalue weighted by molar-refractivity contribution is -0.398. The molecular weight excluding hydrogens is 242 g/mol. The first-order chi connectivity index (χ1) is 6.06. The van der Waals surface area contributed by atoms with Crippen molar-refractivity contribution >= 4 is 27.9 Å². The molecule has 68 valence electrons. The SMILES string of the molecule is O=Cc1cc(Br)cc([N+](=O)[O-])c1[O-]. The minimum Gasteiger partial charge on any atom is -0.867 e. The average molecular weight is 245 g/mol. The minimum absolute atomic E-state index is 0.221. The first kappa shape index (κ1) is 9.66. The summed E-state index contributed by atoms with van der Waals surface area (Å²) in [5, 5.41) is 21.4. The van der Waals surface area contributed by atoms with Gasteiger partial charge in [-0.2, -0.15) is 0 Å². The van der Waals surface area contributed by atoms with E-state index in [0.29, 0.717) is 10.8 Å². The molecule has 0 atom stereocenters. The van der Waals surface area contributed by atoms with Crippen molar-refractivity contribution in [3.8, 4) is 5.75 Å². The lowest BCUT2D eigenvalue weighted by atomic mass is 10.2. The van der Waals surface area contributed by atoms with Crippen molar-refractivity contribution in [3.05, 3.63) is 32.3 Å². The van der Waals surface area contributed by atoms with Gasteiger partial charge in [-0.1, -0.05) is 15.9 Å². The van der Waals surface area contributed by atoms with E-state index in [0.717, 1.165) is 6.07 Å². The van der Waals surface area contributed by atoms with Gasteiger partial charge in [0.05, 0.1) is 4.92 Å². The van der Waals surface area contributed by atoms with Crippen molar-refractivity contribution in [2.45, 2.75) is 0 Å². The number of hydrogen-bond acceptors (Lipinski definition) is 4. The van der Waals surface area contributed by atoms with Crippen LogP contribution in [-0.2, 0) is 0 Å². The Morgan fingerprint density at radius 3 is 2.54 bits per heavy atom. The lowest BCUT2D eigenvalue weighted by Crippen LogP contribution is -2.01. The van der Waals surface area contributed by atoms with E-state index < -0.39 is 16.4 Å². The molecule has 0 aliphatic carbocycles. The van der Waals surface area contributed by atoms with Gasteiger partial charge in [0.2, 0.25) is 0 Å². The maximum atomic E-state index is 11.1. The second-order valence-corrected chi connectivity index (χ2v) is 3.13. The van der Waals surface area contributed by atoms with Crippen LogP contribution in [0.1, 0.15) is 10.4 Å². The van der Waals surface area contributed by atoms with Crippen LogP contribution < -0.4 is 5.11 Å². The highest BCUT2D eigenvalue weighted by molar-refractivity contribution is 9.10. The third-order valence-corrected chi connectivity index (χ3v) is 1.84. The standard InChI is InChI=1S/C7H4BrNO4/c8-5-1-4(3-10)7(11)6(2-5)9(12)13/h1-3,11H/p-1. The van der Waals surface area contributed by atoms with Gasteiger partial charge < -0.3 is 5.11 Å². The highest BCUT2D eigenvalue weighted by Crippen LogP contribution is 2.29. The summed E-state index contributed by atoms with van der Waals surface area (Å²) in [5.74, 6) is -0.858. The smallest absolute Gasteiger partial charge is 0.263 e. The highest BCUT2D eigenvalue weighted by atomic mass is 79.9. The molecule has 5 nitrogen and oxygen atoms in total. The summed E-state index contributed by atoms with van der Waals surface area (Å²) in [6.07, 6.45) is 0.292. The fraction of sp³-hybridized carbons (Fsp3) is 0. The fourth-order valence-electron chi connectivity index (χ4n) is 0.823. The largest absolute Gasteiger partial charge is 0.867 e. The monoisotopic (exact) mass is 244 g/mol. The second kappa shape index (κ2) is 3.53. The Kier molecular flexibility index (Phi) is 2.62. The molecule has 0 N–H and O–H groups in total. The van der Waals surface area contributed by atoms with Crippen molar-refractivity contribution < 1.29 is 14.8 Å². The second-order valence-electron chi connectivity index (χ2n) is 2.22. The zero-order chi connectivity index (χ0) is 10.0. The molecule has 0 saturated carbocycles. The molecule has 1 rings (SSSR count). The summed E-state index contributed by atoms with van der Waals surface area (Å²) in [6.45, 7) is 0. The number of hydrogen-bond donors (Lipinski definition) is 0. The van der Waals surface area contributed by atoms with Gasteiger partial charge in [-0.25, -0.2) is 0 Å². The van der Waals surface area contributed by atoms with Gasteiger partial charge >= 0.3 is 0 Å². The van der Waals surface area contributed by atoms with Crippen molar-refractivity contribution in [1.82, 2.24) is 0 Å². The number of nitro groups is 1. The molecular formula is C7H3BrNO4-. The van der Waals surface area contributed by atoms with Crippen LogP contribution in [0.25, 0.3) is 0 Å². The third-order valence-electron chi connectivity index (χ3n) is 1.39. The molecule has 0 amide bonds. The quantitative estimate of drug-likeness (QED) is 0.445. The van der Waals surface area contributed by atoms with Crippen LogP contribution in [0.2, 0.25) is 0 Å². The van der Waals surface area contributed by atoms with Gasteiger partial charge in [-0.05, 0) is 11.8 Å². The summed E-state index contributed by atoms with van der Waals surface area (Å²) in [5.41, 5.74) is -0.822. The summed E-state index contributed by atoms with van der Waals surface area (Å²) >= 11 is 2.95. The molecule has 0 aliphatic rings. The molecule has 0 bridgehead atoms. The van der Waals surface area contributed by atoms with Crippen LogP contribution in [0.3, 0.4) is 0 Å². The van der Waals surface area contributed by atoms with Gasteiger partial charge in [-0.15, -0.1) is 0 Å². The van der Waals surface area contributed by atoms with E-state index >= 15 is 0 Å². The van der Waals surface area contributed by atoms with Gasteiger partial charge in [-0.3, -0.25) is 14.9 Å². The summed E-state index contributed by atoms with van der Waals surface area (Å²) < 4.78 is 0.334. The van der Waals surface area contributed by atoms with Gasteiger partial charge in [0.15, 0.2) is 0 Å². The van der Waals surface area contributed by atoms with Crippen molar-refractivity contribution in [1.29, 1.82) is 0 Å². The number of nitro benzene ring substituents is 1. The average Bonchev–Trinajstić information content (AvgIpc) is 2.08. The van der Waals surface area contributed by atoms with E-state index in [1.54, 1.807) is 0 Å². The van der Waals surface area contributed by atoms with E-state index in [2.05, 4.69) is 15.9 Å². The van der Waals surface area contributed by atoms with Gasteiger partial charge in [0, 0.05) is 16.1 Å². The van der Waals surface area contributed by atoms with Crippen molar-refractivity contribution in [2.75, 3.05) is 0 Å². The van der Waals surface area contributed by atoms with Crippen LogP contribution in [0.15, 0.2) is 16.6 Å². The zero-order valence-electron chi connectivity index (χ0n) is 6.19. The molecule has 0 heterocycles. The normalized spacial score (nSPS) is 9.62. The van der Waals surface area contributed by atoms with E-state index in [9.17, 15) is 20.0 Å². The number of aldehydes is 1. The van der Waals surface area contributed by atoms with E-state index in [-0.39, 0.29) is 5.56 Å². The minimum atomic E-state index is -0.858. The molecule has 13 heavy (non-hydrogen) atoms. The van der Waals surface area contributed by atoms with Crippen molar-refractivity contribution in [3.63, 3.8) is 0 Å².